The summed E-state index contributed by atoms with van der Waals surface area (Å²) in [6.45, 7) is 1.99. The zero-order valence-electron chi connectivity index (χ0n) is 12.3. The van der Waals surface area contributed by atoms with Gasteiger partial charge in [0.1, 0.15) is 6.04 Å². The Kier molecular flexibility index (Phi) is 5.66. The molecule has 0 fully saturated rings. The Morgan fingerprint density at radius 2 is 2.05 bits per heavy atom. The van der Waals surface area contributed by atoms with Gasteiger partial charge in [-0.2, -0.15) is 0 Å². The molecule has 110 valence electrons. The maximum absolute atomic E-state index is 11.9. The lowest BCUT2D eigenvalue weighted by molar-refractivity contribution is -0.118. The quantitative estimate of drug-likeness (QED) is 0.827. The Morgan fingerprint density at radius 1 is 1.40 bits per heavy atom. The largest absolute Gasteiger partial charge is 0.383 e. The van der Waals surface area contributed by atoms with Crippen LogP contribution in [0.4, 0.5) is 5.69 Å². The third kappa shape index (κ3) is 4.04. The SMILES string of the molecule is COCC(N)C(=O)Nc1cc(C(=O)N(C)C)ccc1C. The minimum atomic E-state index is -0.743. The summed E-state index contributed by atoms with van der Waals surface area (Å²) in [5.41, 5.74) is 7.61. The molecule has 0 bridgehead atoms. The first-order chi connectivity index (χ1) is 9.36. The molecule has 20 heavy (non-hydrogen) atoms. The predicted molar refractivity (Wildman–Crippen MR) is 77.7 cm³/mol. The third-order valence-electron chi connectivity index (χ3n) is 2.83. The topological polar surface area (TPSA) is 84.7 Å². The molecule has 0 aromatic heterocycles. The molecule has 0 aliphatic rings. The van der Waals surface area contributed by atoms with E-state index in [-0.39, 0.29) is 18.4 Å². The summed E-state index contributed by atoms with van der Waals surface area (Å²) >= 11 is 0. The number of hydrogen-bond acceptors (Lipinski definition) is 4. The predicted octanol–water partition coefficient (Wildman–Crippen LogP) is 0.609. The fourth-order valence-electron chi connectivity index (χ4n) is 1.63. The highest BCUT2D eigenvalue weighted by molar-refractivity contribution is 5.99. The number of hydrogen-bond donors (Lipinski definition) is 2. The van der Waals surface area contributed by atoms with Crippen LogP contribution in [0.3, 0.4) is 0 Å². The van der Waals surface area contributed by atoms with Crippen LogP contribution in [0.15, 0.2) is 18.2 Å². The van der Waals surface area contributed by atoms with Crippen LogP contribution < -0.4 is 11.1 Å². The Bertz CT molecular complexity index is 500. The number of rotatable bonds is 5. The van der Waals surface area contributed by atoms with Gasteiger partial charge < -0.3 is 20.7 Å². The van der Waals surface area contributed by atoms with E-state index in [9.17, 15) is 9.59 Å². The van der Waals surface area contributed by atoms with Crippen LogP contribution in [-0.4, -0.2) is 50.6 Å². The van der Waals surface area contributed by atoms with Gasteiger partial charge in [-0.3, -0.25) is 9.59 Å². The standard InChI is InChI=1S/C14H21N3O3/c1-9-5-6-10(14(19)17(2)3)7-12(9)16-13(18)11(15)8-20-4/h5-7,11H,8,15H2,1-4H3,(H,16,18). The lowest BCUT2D eigenvalue weighted by atomic mass is 10.1. The zero-order valence-corrected chi connectivity index (χ0v) is 12.3. The highest BCUT2D eigenvalue weighted by atomic mass is 16.5. The number of benzene rings is 1. The van der Waals surface area contributed by atoms with E-state index in [4.69, 9.17) is 10.5 Å². The van der Waals surface area contributed by atoms with Crippen molar-refractivity contribution < 1.29 is 14.3 Å². The van der Waals surface area contributed by atoms with Crippen molar-refractivity contribution in [2.75, 3.05) is 33.1 Å². The second-order valence-electron chi connectivity index (χ2n) is 4.78. The van der Waals surface area contributed by atoms with Crippen molar-refractivity contribution >= 4 is 17.5 Å². The summed E-state index contributed by atoms with van der Waals surface area (Å²) in [5.74, 6) is -0.467. The third-order valence-corrected chi connectivity index (χ3v) is 2.83. The summed E-state index contributed by atoms with van der Waals surface area (Å²) in [6, 6.07) is 4.42. The molecule has 0 aliphatic heterocycles. The van der Waals surface area contributed by atoms with Gasteiger partial charge in [0.2, 0.25) is 5.91 Å². The van der Waals surface area contributed by atoms with Gasteiger partial charge in [-0.1, -0.05) is 6.07 Å². The Morgan fingerprint density at radius 3 is 2.60 bits per heavy atom. The van der Waals surface area contributed by atoms with E-state index in [0.717, 1.165) is 5.56 Å². The monoisotopic (exact) mass is 279 g/mol. The van der Waals surface area contributed by atoms with E-state index in [1.807, 2.05) is 6.92 Å². The van der Waals surface area contributed by atoms with E-state index < -0.39 is 6.04 Å². The van der Waals surface area contributed by atoms with Crippen LogP contribution in [0.25, 0.3) is 0 Å². The number of anilines is 1. The molecule has 0 saturated carbocycles. The number of nitrogens with zero attached hydrogens (tertiary/aromatic N) is 1. The number of methoxy groups -OCH3 is 1. The molecule has 0 aliphatic carbocycles. The first-order valence-electron chi connectivity index (χ1n) is 6.24. The average Bonchev–Trinajstić information content (AvgIpc) is 2.40. The molecule has 1 atom stereocenters. The second kappa shape index (κ2) is 7.02. The Labute approximate surface area is 118 Å². The van der Waals surface area contributed by atoms with E-state index in [1.165, 1.54) is 12.0 Å². The van der Waals surface area contributed by atoms with Crippen molar-refractivity contribution in [2.45, 2.75) is 13.0 Å². The molecule has 1 rings (SSSR count). The molecule has 3 N–H and O–H groups in total. The number of carbonyl (C=O) groups excluding carboxylic acids is 2. The Balaban J connectivity index is 2.92. The molecule has 0 radical (unpaired) electrons. The minimum Gasteiger partial charge on any atom is -0.383 e. The molecule has 0 saturated heterocycles. The maximum atomic E-state index is 11.9. The fraction of sp³-hybridized carbons (Fsp3) is 0.429. The zero-order chi connectivity index (χ0) is 15.3. The summed E-state index contributed by atoms with van der Waals surface area (Å²) in [5, 5.41) is 2.71. The van der Waals surface area contributed by atoms with Crippen molar-refractivity contribution in [3.05, 3.63) is 29.3 Å². The van der Waals surface area contributed by atoms with Crippen LogP contribution in [0.2, 0.25) is 0 Å². The highest BCUT2D eigenvalue weighted by Gasteiger charge is 2.16. The molecule has 0 spiro atoms. The normalized spacial score (nSPS) is 11.8. The number of carbonyl (C=O) groups is 2. The van der Waals surface area contributed by atoms with Crippen molar-refractivity contribution in [1.82, 2.24) is 4.90 Å². The average molecular weight is 279 g/mol. The first-order valence-corrected chi connectivity index (χ1v) is 6.24. The van der Waals surface area contributed by atoms with Gasteiger partial charge in [0, 0.05) is 32.5 Å². The second-order valence-corrected chi connectivity index (χ2v) is 4.78. The number of nitrogens with two attached hydrogens (primary N) is 1. The molecule has 2 amide bonds. The van der Waals surface area contributed by atoms with E-state index in [1.54, 1.807) is 32.3 Å². The van der Waals surface area contributed by atoms with Gasteiger partial charge in [0.05, 0.1) is 6.61 Å². The van der Waals surface area contributed by atoms with Gasteiger partial charge >= 0.3 is 0 Å². The Hall–Kier alpha value is -1.92. The summed E-state index contributed by atoms with van der Waals surface area (Å²) in [6.07, 6.45) is 0. The van der Waals surface area contributed by atoms with E-state index in [0.29, 0.717) is 11.3 Å². The van der Waals surface area contributed by atoms with Crippen molar-refractivity contribution in [3.8, 4) is 0 Å². The molecule has 1 unspecified atom stereocenters. The number of amides is 2. The highest BCUT2D eigenvalue weighted by Crippen LogP contribution is 2.18. The van der Waals surface area contributed by atoms with Crippen molar-refractivity contribution in [1.29, 1.82) is 0 Å². The van der Waals surface area contributed by atoms with Crippen LogP contribution in [0, 0.1) is 6.92 Å². The van der Waals surface area contributed by atoms with Crippen LogP contribution >= 0.6 is 0 Å². The maximum Gasteiger partial charge on any atom is 0.253 e. The van der Waals surface area contributed by atoms with E-state index >= 15 is 0 Å². The molecule has 1 aromatic rings. The van der Waals surface area contributed by atoms with Crippen molar-refractivity contribution in [2.24, 2.45) is 5.73 Å². The summed E-state index contributed by atoms with van der Waals surface area (Å²) in [4.78, 5) is 25.2. The minimum absolute atomic E-state index is 0.123. The molecular formula is C14H21N3O3. The van der Waals surface area contributed by atoms with E-state index in [2.05, 4.69) is 5.32 Å². The molecule has 6 nitrogen and oxygen atoms in total. The number of ether oxygens (including phenoxy) is 1. The van der Waals surface area contributed by atoms with Gasteiger partial charge in [0.25, 0.3) is 5.91 Å². The smallest absolute Gasteiger partial charge is 0.253 e. The van der Waals surface area contributed by atoms with Crippen molar-refractivity contribution in [3.63, 3.8) is 0 Å². The molecule has 1 aromatic carbocycles. The molecule has 6 heteroatoms. The lowest BCUT2D eigenvalue weighted by Gasteiger charge is -2.15. The summed E-state index contributed by atoms with van der Waals surface area (Å²) in [7, 11) is 4.83. The first kappa shape index (κ1) is 16.1. The summed E-state index contributed by atoms with van der Waals surface area (Å²) < 4.78 is 4.84. The number of nitrogens with one attached hydrogen (secondary N) is 1. The molecule has 0 heterocycles. The van der Waals surface area contributed by atoms with Crippen LogP contribution in [0.1, 0.15) is 15.9 Å². The fourth-order valence-corrected chi connectivity index (χ4v) is 1.63. The van der Waals surface area contributed by atoms with Crippen LogP contribution in [0.5, 0.6) is 0 Å². The lowest BCUT2D eigenvalue weighted by Crippen LogP contribution is -2.39. The van der Waals surface area contributed by atoms with Crippen LogP contribution in [-0.2, 0) is 9.53 Å². The van der Waals surface area contributed by atoms with Gasteiger partial charge in [-0.25, -0.2) is 0 Å². The van der Waals surface area contributed by atoms with Gasteiger partial charge in [-0.15, -0.1) is 0 Å². The van der Waals surface area contributed by atoms with Gasteiger partial charge in [0.15, 0.2) is 0 Å². The van der Waals surface area contributed by atoms with Gasteiger partial charge in [-0.05, 0) is 24.6 Å². The number of aryl methyl sites for hydroxylation is 1. The molecular weight excluding hydrogens is 258 g/mol.